The Morgan fingerprint density at radius 3 is 2.47 bits per heavy atom. The molecule has 6 heteroatoms. The predicted octanol–water partition coefficient (Wildman–Crippen LogP) is 5.03. The minimum Gasteiger partial charge on any atom is -0.360 e. The summed E-state index contributed by atoms with van der Waals surface area (Å²) in [6.45, 7) is 2.21. The number of hydrogen-bond donors (Lipinski definition) is 2. The first-order valence-corrected chi connectivity index (χ1v) is 12.4. The molecule has 4 aromatic rings. The fourth-order valence-electron chi connectivity index (χ4n) is 4.84. The van der Waals surface area contributed by atoms with Gasteiger partial charge in [-0.25, -0.2) is 0 Å². The third-order valence-corrected chi connectivity index (χ3v) is 6.83. The minimum absolute atomic E-state index is 0.0223. The van der Waals surface area contributed by atoms with Crippen molar-refractivity contribution in [2.24, 2.45) is 0 Å². The van der Waals surface area contributed by atoms with Gasteiger partial charge < -0.3 is 15.2 Å². The summed E-state index contributed by atoms with van der Waals surface area (Å²) in [7, 11) is 0. The summed E-state index contributed by atoms with van der Waals surface area (Å²) in [4.78, 5) is 31.7. The molecular formula is C30H28N4O2. The Morgan fingerprint density at radius 1 is 1.00 bits per heavy atom. The van der Waals surface area contributed by atoms with Gasteiger partial charge in [-0.2, -0.15) is 5.26 Å². The van der Waals surface area contributed by atoms with Crippen LogP contribution in [-0.4, -0.2) is 41.2 Å². The number of carbonyl (C=O) groups is 2. The zero-order valence-corrected chi connectivity index (χ0v) is 20.0. The topological polar surface area (TPSA) is 89.0 Å². The number of ketones is 1. The van der Waals surface area contributed by atoms with Crippen LogP contribution in [-0.2, 0) is 6.42 Å². The molecule has 36 heavy (non-hydrogen) atoms. The van der Waals surface area contributed by atoms with E-state index in [2.05, 4.69) is 16.4 Å². The van der Waals surface area contributed by atoms with Crippen molar-refractivity contribution >= 4 is 22.6 Å². The van der Waals surface area contributed by atoms with Gasteiger partial charge in [0.05, 0.1) is 17.7 Å². The van der Waals surface area contributed by atoms with Gasteiger partial charge in [-0.1, -0.05) is 48.5 Å². The maximum Gasteiger partial charge on any atom is 0.253 e. The molecule has 0 bridgehead atoms. The minimum atomic E-state index is -0.505. The number of nitrogens with one attached hydrogen (secondary N) is 2. The van der Waals surface area contributed by atoms with Gasteiger partial charge in [0.2, 0.25) is 0 Å². The fraction of sp³-hybridized carbons (Fsp3) is 0.233. The number of Topliss-reactive ketones (excluding diaryl/α,β-unsaturated/α-hetero) is 1. The second-order valence-electron chi connectivity index (χ2n) is 9.18. The van der Waals surface area contributed by atoms with E-state index >= 15 is 0 Å². The monoisotopic (exact) mass is 476 g/mol. The Hall–Kier alpha value is -4.21. The molecule has 0 radical (unpaired) electrons. The van der Waals surface area contributed by atoms with Crippen molar-refractivity contribution in [3.63, 3.8) is 0 Å². The number of amides is 1. The first-order chi connectivity index (χ1) is 17.6. The van der Waals surface area contributed by atoms with Crippen LogP contribution in [0.25, 0.3) is 10.9 Å². The molecule has 1 amide bonds. The van der Waals surface area contributed by atoms with Gasteiger partial charge in [0.15, 0.2) is 5.78 Å². The summed E-state index contributed by atoms with van der Waals surface area (Å²) in [6.07, 6.45) is 4.58. The van der Waals surface area contributed by atoms with E-state index < -0.39 is 6.04 Å². The molecular weight excluding hydrogens is 448 g/mol. The molecule has 1 unspecified atom stereocenters. The lowest BCUT2D eigenvalue weighted by Gasteiger charge is -2.18. The number of nitrogens with zero attached hydrogens (tertiary/aromatic N) is 2. The summed E-state index contributed by atoms with van der Waals surface area (Å²) in [5.41, 5.74) is 4.66. The van der Waals surface area contributed by atoms with Gasteiger partial charge in [-0.05, 0) is 54.7 Å². The second-order valence-corrected chi connectivity index (χ2v) is 9.18. The largest absolute Gasteiger partial charge is 0.360 e. The highest BCUT2D eigenvalue weighted by Gasteiger charge is 2.25. The van der Waals surface area contributed by atoms with Crippen LogP contribution in [0.5, 0.6) is 0 Å². The summed E-state index contributed by atoms with van der Waals surface area (Å²) >= 11 is 0. The molecule has 1 aromatic heterocycles. The molecule has 180 valence electrons. The lowest BCUT2D eigenvalue weighted by atomic mass is 9.96. The predicted molar refractivity (Wildman–Crippen MR) is 140 cm³/mol. The lowest BCUT2D eigenvalue weighted by Crippen LogP contribution is -2.30. The summed E-state index contributed by atoms with van der Waals surface area (Å²) in [6, 6.07) is 24.4. The Morgan fingerprint density at radius 2 is 1.75 bits per heavy atom. The molecule has 6 nitrogen and oxygen atoms in total. The van der Waals surface area contributed by atoms with Crippen molar-refractivity contribution in [2.45, 2.75) is 25.3 Å². The highest BCUT2D eigenvalue weighted by molar-refractivity contribution is 6.11. The number of likely N-dealkylation sites (tertiary alicyclic amines) is 1. The van der Waals surface area contributed by atoms with E-state index in [1.165, 1.54) is 0 Å². The van der Waals surface area contributed by atoms with E-state index in [1.54, 1.807) is 6.20 Å². The van der Waals surface area contributed by atoms with E-state index in [1.807, 2.05) is 77.7 Å². The summed E-state index contributed by atoms with van der Waals surface area (Å²) < 4.78 is 0. The number of fused-ring (bicyclic) bond motifs is 1. The zero-order chi connectivity index (χ0) is 24.9. The molecule has 0 spiro atoms. The van der Waals surface area contributed by atoms with Crippen molar-refractivity contribution in [1.82, 2.24) is 15.2 Å². The number of hydrogen-bond acceptors (Lipinski definition) is 4. The molecule has 1 saturated heterocycles. The third-order valence-electron chi connectivity index (χ3n) is 6.83. The van der Waals surface area contributed by atoms with Crippen molar-refractivity contribution in [2.75, 3.05) is 19.6 Å². The van der Waals surface area contributed by atoms with Crippen LogP contribution in [0.1, 0.15) is 56.3 Å². The first kappa shape index (κ1) is 23.5. The van der Waals surface area contributed by atoms with Crippen LogP contribution in [0, 0.1) is 11.3 Å². The van der Waals surface area contributed by atoms with Gasteiger partial charge in [0.25, 0.3) is 5.91 Å². The number of aromatic nitrogens is 1. The molecule has 1 aliphatic rings. The van der Waals surface area contributed by atoms with Crippen molar-refractivity contribution in [1.29, 1.82) is 5.26 Å². The maximum atomic E-state index is 13.8. The van der Waals surface area contributed by atoms with Crippen LogP contribution in [0.15, 0.2) is 79.0 Å². The molecule has 3 aromatic carbocycles. The average Bonchev–Trinajstić information content (AvgIpc) is 3.61. The van der Waals surface area contributed by atoms with Crippen molar-refractivity contribution in [3.8, 4) is 6.07 Å². The van der Waals surface area contributed by atoms with E-state index in [0.717, 1.165) is 54.4 Å². The fourth-order valence-corrected chi connectivity index (χ4v) is 4.84. The molecule has 0 aliphatic carbocycles. The standard InChI is InChI=1S/C30H28N4O2/c31-19-22-10-8-21(9-11-22)14-15-32-28(23-6-2-1-3-7-23)29(35)26-20-33-27-18-24(12-13-25(26)27)30(36)34-16-4-5-17-34/h1-3,6-13,18,20,28,32-33H,4-5,14-17H2. The van der Waals surface area contributed by atoms with Gasteiger partial charge >= 0.3 is 0 Å². The molecule has 2 heterocycles. The molecule has 1 fully saturated rings. The van der Waals surface area contributed by atoms with Crippen LogP contribution < -0.4 is 5.32 Å². The maximum absolute atomic E-state index is 13.8. The lowest BCUT2D eigenvalue weighted by molar-refractivity contribution is 0.0792. The highest BCUT2D eigenvalue weighted by Crippen LogP contribution is 2.26. The van der Waals surface area contributed by atoms with Crippen LogP contribution >= 0.6 is 0 Å². The van der Waals surface area contributed by atoms with Gasteiger partial charge in [0, 0.05) is 47.9 Å². The van der Waals surface area contributed by atoms with E-state index in [0.29, 0.717) is 23.2 Å². The highest BCUT2D eigenvalue weighted by atomic mass is 16.2. The van der Waals surface area contributed by atoms with Gasteiger partial charge in [-0.15, -0.1) is 0 Å². The average molecular weight is 477 g/mol. The molecule has 5 rings (SSSR count). The Labute approximate surface area is 210 Å². The number of H-pyrrole nitrogens is 1. The molecule has 2 N–H and O–H groups in total. The number of nitriles is 1. The van der Waals surface area contributed by atoms with Crippen molar-refractivity contribution in [3.05, 3.63) is 107 Å². The number of benzene rings is 3. The summed E-state index contributed by atoms with van der Waals surface area (Å²) in [5, 5.41) is 13.3. The van der Waals surface area contributed by atoms with Crippen LogP contribution in [0.4, 0.5) is 0 Å². The number of carbonyl (C=O) groups excluding carboxylic acids is 2. The number of rotatable bonds is 8. The smallest absolute Gasteiger partial charge is 0.253 e. The number of aromatic amines is 1. The Kier molecular flexibility index (Phi) is 6.92. The van der Waals surface area contributed by atoms with E-state index in [-0.39, 0.29) is 11.7 Å². The normalized spacial score (nSPS) is 14.0. The van der Waals surface area contributed by atoms with E-state index in [4.69, 9.17) is 5.26 Å². The molecule has 1 aliphatic heterocycles. The van der Waals surface area contributed by atoms with Crippen LogP contribution in [0.2, 0.25) is 0 Å². The Balaban J connectivity index is 1.36. The van der Waals surface area contributed by atoms with E-state index in [9.17, 15) is 9.59 Å². The van der Waals surface area contributed by atoms with Crippen molar-refractivity contribution < 1.29 is 9.59 Å². The third kappa shape index (κ3) is 4.93. The molecule has 1 atom stereocenters. The van der Waals surface area contributed by atoms with Gasteiger partial charge in [0.1, 0.15) is 0 Å². The first-order valence-electron chi connectivity index (χ1n) is 12.4. The SMILES string of the molecule is N#Cc1ccc(CCNC(C(=O)c2c[nH]c3cc(C(=O)N4CCCC4)ccc23)c2ccccc2)cc1. The molecule has 0 saturated carbocycles. The van der Waals surface area contributed by atoms with Gasteiger partial charge in [-0.3, -0.25) is 9.59 Å². The second kappa shape index (κ2) is 10.6. The quantitative estimate of drug-likeness (QED) is 0.349. The summed E-state index contributed by atoms with van der Waals surface area (Å²) in [5.74, 6) is 0.0226. The zero-order valence-electron chi connectivity index (χ0n) is 20.0. The Bertz CT molecular complexity index is 1410. The van der Waals surface area contributed by atoms with Crippen LogP contribution in [0.3, 0.4) is 0 Å².